The van der Waals surface area contributed by atoms with Gasteiger partial charge in [-0.1, -0.05) is 18.2 Å². The number of fused-ring (bicyclic) bond motifs is 1. The first kappa shape index (κ1) is 9.65. The van der Waals surface area contributed by atoms with Gasteiger partial charge in [-0.15, -0.1) is 0 Å². The van der Waals surface area contributed by atoms with Crippen molar-refractivity contribution < 1.29 is 14.2 Å². The molecule has 0 radical (unpaired) electrons. The van der Waals surface area contributed by atoms with E-state index in [0.717, 1.165) is 11.1 Å². The van der Waals surface area contributed by atoms with E-state index in [2.05, 4.69) is 0 Å². The van der Waals surface area contributed by atoms with E-state index in [1.807, 2.05) is 25.1 Å². The summed E-state index contributed by atoms with van der Waals surface area (Å²) in [6, 6.07) is 6.06. The molecule has 0 aromatic heterocycles. The Kier molecular flexibility index (Phi) is 2.54. The second kappa shape index (κ2) is 3.69. The van der Waals surface area contributed by atoms with Gasteiger partial charge in [0.1, 0.15) is 0 Å². The molecule has 76 valence electrons. The zero-order valence-electron chi connectivity index (χ0n) is 8.61. The Balaban J connectivity index is 2.47. The number of aryl methyl sites for hydroxylation is 1. The minimum Gasteiger partial charge on any atom is -0.352 e. The fourth-order valence-electron chi connectivity index (χ4n) is 1.84. The van der Waals surface area contributed by atoms with Crippen LogP contribution >= 0.6 is 0 Å². The molecule has 1 aromatic rings. The fraction of sp³-hybridized carbons (Fsp3) is 0.455. The number of hydrogen-bond acceptors (Lipinski definition) is 3. The predicted molar refractivity (Wildman–Crippen MR) is 51.8 cm³/mol. The van der Waals surface area contributed by atoms with Crippen molar-refractivity contribution in [3.63, 3.8) is 0 Å². The highest BCUT2D eigenvalue weighted by molar-refractivity contribution is 5.38. The van der Waals surface area contributed by atoms with Gasteiger partial charge >= 0.3 is 0 Å². The molecular formula is C11H14O3. The first-order valence-corrected chi connectivity index (χ1v) is 4.58. The summed E-state index contributed by atoms with van der Waals surface area (Å²) in [5.41, 5.74) is 3.34. The number of methoxy groups -OCH3 is 2. The molecule has 2 rings (SSSR count). The van der Waals surface area contributed by atoms with E-state index in [1.54, 1.807) is 14.2 Å². The largest absolute Gasteiger partial charge is 0.352 e. The Morgan fingerprint density at radius 3 is 2.50 bits per heavy atom. The monoisotopic (exact) mass is 194 g/mol. The van der Waals surface area contributed by atoms with E-state index in [1.165, 1.54) is 5.56 Å². The Morgan fingerprint density at radius 2 is 1.86 bits per heavy atom. The average molecular weight is 194 g/mol. The van der Waals surface area contributed by atoms with Crippen molar-refractivity contribution in [1.82, 2.24) is 0 Å². The highest BCUT2D eigenvalue weighted by atomic mass is 16.8. The minimum absolute atomic E-state index is 0.295. The van der Waals surface area contributed by atoms with Gasteiger partial charge < -0.3 is 14.2 Å². The molecule has 1 aliphatic rings. The van der Waals surface area contributed by atoms with Gasteiger partial charge in [-0.2, -0.15) is 0 Å². The molecule has 3 heteroatoms. The quantitative estimate of drug-likeness (QED) is 0.723. The predicted octanol–water partition coefficient (Wildman–Crippen LogP) is 2.32. The topological polar surface area (TPSA) is 27.7 Å². The summed E-state index contributed by atoms with van der Waals surface area (Å²) in [7, 11) is 3.27. The Morgan fingerprint density at radius 1 is 1.14 bits per heavy atom. The lowest BCUT2D eigenvalue weighted by Crippen LogP contribution is -2.02. The summed E-state index contributed by atoms with van der Waals surface area (Å²) in [5, 5.41) is 0. The second-order valence-corrected chi connectivity index (χ2v) is 3.35. The molecule has 1 aliphatic heterocycles. The molecular weight excluding hydrogens is 180 g/mol. The number of rotatable bonds is 2. The standard InChI is InChI=1S/C11H14O3/c1-7-5-4-6-8-9(7)11(13-3)14-10(8)12-2/h4-6,10-11H,1-3H3. The van der Waals surface area contributed by atoms with E-state index in [0.29, 0.717) is 0 Å². The fourth-order valence-corrected chi connectivity index (χ4v) is 1.84. The molecule has 1 aromatic carbocycles. The van der Waals surface area contributed by atoms with Crippen LogP contribution in [0.4, 0.5) is 0 Å². The lowest BCUT2D eigenvalue weighted by molar-refractivity contribution is -0.217. The lowest BCUT2D eigenvalue weighted by atomic mass is 10.0. The first-order valence-electron chi connectivity index (χ1n) is 4.58. The van der Waals surface area contributed by atoms with Crippen LogP contribution in [0.15, 0.2) is 18.2 Å². The molecule has 0 amide bonds. The van der Waals surface area contributed by atoms with E-state index < -0.39 is 0 Å². The Bertz CT molecular complexity index is 335. The molecule has 3 nitrogen and oxygen atoms in total. The van der Waals surface area contributed by atoms with Gasteiger partial charge in [0.05, 0.1) is 0 Å². The summed E-state index contributed by atoms with van der Waals surface area (Å²) in [5.74, 6) is 0. The maximum Gasteiger partial charge on any atom is 0.187 e. The van der Waals surface area contributed by atoms with E-state index in [4.69, 9.17) is 14.2 Å². The van der Waals surface area contributed by atoms with Crippen LogP contribution in [-0.2, 0) is 14.2 Å². The van der Waals surface area contributed by atoms with Crippen molar-refractivity contribution >= 4 is 0 Å². The van der Waals surface area contributed by atoms with Crippen LogP contribution in [0.5, 0.6) is 0 Å². The van der Waals surface area contributed by atoms with E-state index in [-0.39, 0.29) is 12.6 Å². The lowest BCUT2D eigenvalue weighted by Gasteiger charge is -2.11. The molecule has 0 spiro atoms. The molecule has 0 fully saturated rings. The third-order valence-corrected chi connectivity index (χ3v) is 2.52. The summed E-state index contributed by atoms with van der Waals surface area (Å²) in [6.07, 6.45) is -0.592. The summed E-state index contributed by atoms with van der Waals surface area (Å²) in [6.45, 7) is 2.05. The van der Waals surface area contributed by atoms with Crippen LogP contribution < -0.4 is 0 Å². The summed E-state index contributed by atoms with van der Waals surface area (Å²) in [4.78, 5) is 0. The van der Waals surface area contributed by atoms with Crippen LogP contribution in [0, 0.1) is 6.92 Å². The maximum atomic E-state index is 5.57. The molecule has 1 heterocycles. The smallest absolute Gasteiger partial charge is 0.187 e. The first-order chi connectivity index (χ1) is 6.77. The van der Waals surface area contributed by atoms with E-state index in [9.17, 15) is 0 Å². The zero-order valence-corrected chi connectivity index (χ0v) is 8.61. The molecule has 0 aliphatic carbocycles. The van der Waals surface area contributed by atoms with Gasteiger partial charge in [0, 0.05) is 25.3 Å². The normalized spacial score (nSPS) is 25.1. The molecule has 0 saturated carbocycles. The number of hydrogen-bond donors (Lipinski definition) is 0. The van der Waals surface area contributed by atoms with Crippen molar-refractivity contribution in [3.05, 3.63) is 34.9 Å². The van der Waals surface area contributed by atoms with Gasteiger partial charge in [-0.3, -0.25) is 0 Å². The highest BCUT2D eigenvalue weighted by Crippen LogP contribution is 2.41. The third kappa shape index (κ3) is 1.34. The second-order valence-electron chi connectivity index (χ2n) is 3.35. The van der Waals surface area contributed by atoms with Gasteiger partial charge in [-0.25, -0.2) is 0 Å². The summed E-state index contributed by atoms with van der Waals surface area (Å²) >= 11 is 0. The average Bonchev–Trinajstić information content (AvgIpc) is 2.57. The molecule has 14 heavy (non-hydrogen) atoms. The van der Waals surface area contributed by atoms with Crippen molar-refractivity contribution in [3.8, 4) is 0 Å². The van der Waals surface area contributed by atoms with Crippen molar-refractivity contribution in [2.45, 2.75) is 19.5 Å². The van der Waals surface area contributed by atoms with Gasteiger partial charge in [0.25, 0.3) is 0 Å². The van der Waals surface area contributed by atoms with Crippen molar-refractivity contribution in [1.29, 1.82) is 0 Å². The zero-order chi connectivity index (χ0) is 10.1. The Hall–Kier alpha value is -0.900. The molecule has 2 atom stereocenters. The van der Waals surface area contributed by atoms with Crippen LogP contribution in [0.1, 0.15) is 29.3 Å². The molecule has 0 bridgehead atoms. The molecule has 0 N–H and O–H groups in total. The van der Waals surface area contributed by atoms with Crippen molar-refractivity contribution in [2.75, 3.05) is 14.2 Å². The minimum atomic E-state index is -0.296. The van der Waals surface area contributed by atoms with Gasteiger partial charge in [0.15, 0.2) is 12.6 Å². The highest BCUT2D eigenvalue weighted by Gasteiger charge is 2.32. The maximum absolute atomic E-state index is 5.57. The van der Waals surface area contributed by atoms with Crippen molar-refractivity contribution in [2.24, 2.45) is 0 Å². The number of ether oxygens (including phenoxy) is 3. The Labute approximate surface area is 83.6 Å². The van der Waals surface area contributed by atoms with E-state index >= 15 is 0 Å². The summed E-state index contributed by atoms with van der Waals surface area (Å²) < 4.78 is 16.0. The van der Waals surface area contributed by atoms with Crippen LogP contribution in [0.3, 0.4) is 0 Å². The number of benzene rings is 1. The van der Waals surface area contributed by atoms with Crippen LogP contribution in [-0.4, -0.2) is 14.2 Å². The van der Waals surface area contributed by atoms with Crippen LogP contribution in [0.2, 0.25) is 0 Å². The molecule has 2 unspecified atom stereocenters. The van der Waals surface area contributed by atoms with Gasteiger partial charge in [0.2, 0.25) is 0 Å². The third-order valence-electron chi connectivity index (χ3n) is 2.52. The van der Waals surface area contributed by atoms with Gasteiger partial charge in [-0.05, 0) is 12.5 Å². The van der Waals surface area contributed by atoms with Crippen LogP contribution in [0.25, 0.3) is 0 Å². The molecule has 0 saturated heterocycles. The SMILES string of the molecule is COC1OC(OC)c2c(C)cccc21.